The highest BCUT2D eigenvalue weighted by Gasteiger charge is 2.55. The molecule has 1 aromatic heterocycles. The van der Waals surface area contributed by atoms with E-state index in [0.717, 1.165) is 16.0 Å². The van der Waals surface area contributed by atoms with E-state index in [-0.39, 0.29) is 18.1 Å². The summed E-state index contributed by atoms with van der Waals surface area (Å²) < 4.78 is 19.3. The minimum atomic E-state index is -0.990. The number of halogens is 1. The first-order valence-electron chi connectivity index (χ1n) is 9.64. The Kier molecular flexibility index (Phi) is 4.35. The number of anilines is 1. The van der Waals surface area contributed by atoms with Crippen molar-refractivity contribution in [1.82, 2.24) is 15.1 Å². The maximum absolute atomic E-state index is 14.0. The number of hydrogen-bond acceptors (Lipinski definition) is 8. The Hall–Kier alpha value is -3.95. The second-order valence-electron chi connectivity index (χ2n) is 7.46. The Balaban J connectivity index is 1.38. The van der Waals surface area contributed by atoms with Gasteiger partial charge in [-0.25, -0.2) is 9.29 Å². The predicted octanol–water partition coefficient (Wildman–Crippen LogP) is 2.99. The van der Waals surface area contributed by atoms with Gasteiger partial charge in [-0.3, -0.25) is 14.6 Å². The minimum absolute atomic E-state index is 0.0126. The van der Waals surface area contributed by atoms with Crippen molar-refractivity contribution in [2.24, 2.45) is 10.3 Å². The molecule has 3 aromatic rings. The Morgan fingerprint density at radius 1 is 1.06 bits per heavy atom. The van der Waals surface area contributed by atoms with Crippen LogP contribution in [0, 0.1) is 19.7 Å². The van der Waals surface area contributed by atoms with Crippen LogP contribution in [0.2, 0.25) is 0 Å². The Labute approximate surface area is 176 Å². The minimum Gasteiger partial charge on any atom is -0.337 e. The number of imide groups is 1. The van der Waals surface area contributed by atoms with Gasteiger partial charge in [0.05, 0.1) is 5.69 Å². The van der Waals surface area contributed by atoms with E-state index in [0.29, 0.717) is 11.4 Å². The molecule has 0 aliphatic carbocycles. The monoisotopic (exact) mass is 420 g/mol. The van der Waals surface area contributed by atoms with Gasteiger partial charge in [-0.2, -0.15) is 10.1 Å². The standard InChI is InChI=1S/C21H17FN6O3/c1-11-5-3-4-6-14(11)19-23-16(31-25-19)10-27-18-17(24-26-27)20(29)28(21(18)30)13-8-7-12(2)15(22)9-13/h3-9,17-18H,10H2,1-2H3/t17-,18-/m0/s1. The van der Waals surface area contributed by atoms with E-state index in [1.165, 1.54) is 23.2 Å². The van der Waals surface area contributed by atoms with Crippen LogP contribution in [0.3, 0.4) is 0 Å². The molecule has 5 rings (SSSR count). The highest BCUT2D eigenvalue weighted by Crippen LogP contribution is 2.33. The summed E-state index contributed by atoms with van der Waals surface area (Å²) in [4.78, 5) is 31.1. The largest absolute Gasteiger partial charge is 0.337 e. The molecule has 31 heavy (non-hydrogen) atoms. The third kappa shape index (κ3) is 3.07. The number of carbonyl (C=O) groups is 2. The van der Waals surface area contributed by atoms with Gasteiger partial charge in [0.1, 0.15) is 12.4 Å². The van der Waals surface area contributed by atoms with Gasteiger partial charge in [0.2, 0.25) is 11.7 Å². The fraction of sp³-hybridized carbons (Fsp3) is 0.238. The molecule has 0 bridgehead atoms. The zero-order valence-corrected chi connectivity index (χ0v) is 16.7. The van der Waals surface area contributed by atoms with E-state index in [1.807, 2.05) is 31.2 Å². The van der Waals surface area contributed by atoms with Crippen LogP contribution in [0.1, 0.15) is 17.0 Å². The molecule has 1 fully saturated rings. The van der Waals surface area contributed by atoms with E-state index >= 15 is 0 Å². The van der Waals surface area contributed by atoms with Crippen LogP contribution in [-0.4, -0.2) is 39.0 Å². The highest BCUT2D eigenvalue weighted by molar-refractivity contribution is 6.25. The molecule has 0 spiro atoms. The summed E-state index contributed by atoms with van der Waals surface area (Å²) in [6.07, 6.45) is 0. The van der Waals surface area contributed by atoms with Crippen LogP contribution in [0.5, 0.6) is 0 Å². The lowest BCUT2D eigenvalue weighted by atomic mass is 10.1. The molecule has 2 atom stereocenters. The average molecular weight is 420 g/mol. The fourth-order valence-corrected chi connectivity index (χ4v) is 3.72. The van der Waals surface area contributed by atoms with E-state index < -0.39 is 29.7 Å². The molecule has 9 nitrogen and oxygen atoms in total. The van der Waals surface area contributed by atoms with Crippen molar-refractivity contribution in [3.8, 4) is 11.4 Å². The molecule has 2 amide bonds. The normalized spacial score (nSPS) is 20.1. The van der Waals surface area contributed by atoms with Crippen LogP contribution in [0.15, 0.2) is 57.3 Å². The SMILES string of the molecule is Cc1ccc(N2C(=O)[C@H]3N=NN(Cc4nc(-c5ccccc5C)no4)[C@@H]3C2=O)cc1F. The summed E-state index contributed by atoms with van der Waals surface area (Å²) in [5.74, 6) is -0.912. The topological polar surface area (TPSA) is 104 Å². The molecule has 0 N–H and O–H groups in total. The number of benzene rings is 2. The van der Waals surface area contributed by atoms with Gasteiger partial charge in [0, 0.05) is 5.56 Å². The molecule has 3 heterocycles. The molecule has 0 radical (unpaired) electrons. The number of fused-ring (bicyclic) bond motifs is 1. The molecule has 2 aliphatic heterocycles. The summed E-state index contributed by atoms with van der Waals surface area (Å²) in [5, 5.41) is 13.3. The molecule has 2 aromatic carbocycles. The Bertz CT molecular complexity index is 1240. The summed E-state index contributed by atoms with van der Waals surface area (Å²) >= 11 is 0. The number of carbonyl (C=O) groups excluding carboxylic acids is 2. The number of rotatable bonds is 4. The number of nitrogens with zero attached hydrogens (tertiary/aromatic N) is 6. The van der Waals surface area contributed by atoms with Crippen molar-refractivity contribution in [1.29, 1.82) is 0 Å². The number of hydrogen-bond donors (Lipinski definition) is 0. The zero-order chi connectivity index (χ0) is 21.7. The van der Waals surface area contributed by atoms with Gasteiger partial charge in [0.25, 0.3) is 11.8 Å². The molecule has 10 heteroatoms. The van der Waals surface area contributed by atoms with Crippen molar-refractivity contribution in [3.63, 3.8) is 0 Å². The quantitative estimate of drug-likeness (QED) is 0.601. The van der Waals surface area contributed by atoms with Crippen molar-refractivity contribution in [3.05, 3.63) is 65.3 Å². The van der Waals surface area contributed by atoms with Crippen LogP contribution in [0.4, 0.5) is 10.1 Å². The lowest BCUT2D eigenvalue weighted by molar-refractivity contribution is -0.123. The lowest BCUT2D eigenvalue weighted by Gasteiger charge is -2.19. The Morgan fingerprint density at radius 2 is 1.87 bits per heavy atom. The van der Waals surface area contributed by atoms with Gasteiger partial charge in [-0.05, 0) is 37.1 Å². The Morgan fingerprint density at radius 3 is 2.65 bits per heavy atom. The first-order valence-corrected chi connectivity index (χ1v) is 9.64. The molecular formula is C21H17FN6O3. The summed E-state index contributed by atoms with van der Waals surface area (Å²) in [5.41, 5.74) is 2.42. The van der Waals surface area contributed by atoms with Gasteiger partial charge in [-0.15, -0.1) is 0 Å². The highest BCUT2D eigenvalue weighted by atomic mass is 19.1. The van der Waals surface area contributed by atoms with E-state index in [9.17, 15) is 14.0 Å². The second-order valence-corrected chi connectivity index (χ2v) is 7.46. The van der Waals surface area contributed by atoms with Crippen LogP contribution in [0.25, 0.3) is 11.4 Å². The smallest absolute Gasteiger partial charge is 0.263 e. The summed E-state index contributed by atoms with van der Waals surface area (Å²) in [7, 11) is 0. The summed E-state index contributed by atoms with van der Waals surface area (Å²) in [6.45, 7) is 3.56. The third-order valence-electron chi connectivity index (χ3n) is 5.42. The maximum atomic E-state index is 14.0. The first-order chi connectivity index (χ1) is 14.9. The van der Waals surface area contributed by atoms with E-state index in [1.54, 1.807) is 6.92 Å². The molecule has 1 saturated heterocycles. The third-order valence-corrected chi connectivity index (χ3v) is 5.42. The van der Waals surface area contributed by atoms with Crippen LogP contribution < -0.4 is 4.90 Å². The molecule has 0 unspecified atom stereocenters. The van der Waals surface area contributed by atoms with Gasteiger partial charge >= 0.3 is 0 Å². The molecule has 0 saturated carbocycles. The van der Waals surface area contributed by atoms with E-state index in [2.05, 4.69) is 20.5 Å². The molecular weight excluding hydrogens is 403 g/mol. The van der Waals surface area contributed by atoms with Crippen LogP contribution >= 0.6 is 0 Å². The van der Waals surface area contributed by atoms with Crippen molar-refractivity contribution in [2.45, 2.75) is 32.5 Å². The van der Waals surface area contributed by atoms with Gasteiger partial charge in [-0.1, -0.05) is 40.7 Å². The van der Waals surface area contributed by atoms with Gasteiger partial charge in [0.15, 0.2) is 12.1 Å². The number of aromatic nitrogens is 2. The first kappa shape index (κ1) is 19.0. The predicted molar refractivity (Wildman–Crippen MR) is 106 cm³/mol. The average Bonchev–Trinajstić information content (AvgIpc) is 3.43. The van der Waals surface area contributed by atoms with Crippen LogP contribution in [-0.2, 0) is 16.1 Å². The fourth-order valence-electron chi connectivity index (χ4n) is 3.72. The number of aryl methyl sites for hydroxylation is 2. The maximum Gasteiger partial charge on any atom is 0.263 e. The number of amides is 2. The van der Waals surface area contributed by atoms with Gasteiger partial charge < -0.3 is 4.52 Å². The van der Waals surface area contributed by atoms with Crippen molar-refractivity contribution in [2.75, 3.05) is 4.90 Å². The second kappa shape index (κ2) is 7.08. The molecule has 2 aliphatic rings. The van der Waals surface area contributed by atoms with Crippen molar-refractivity contribution < 1.29 is 18.5 Å². The van der Waals surface area contributed by atoms with E-state index in [4.69, 9.17) is 4.52 Å². The molecule has 156 valence electrons. The lowest BCUT2D eigenvalue weighted by Crippen LogP contribution is -2.39. The zero-order valence-electron chi connectivity index (χ0n) is 16.7. The summed E-state index contributed by atoms with van der Waals surface area (Å²) in [6, 6.07) is 9.90. The van der Waals surface area contributed by atoms with Crippen molar-refractivity contribution >= 4 is 17.5 Å².